The van der Waals surface area contributed by atoms with E-state index in [1.54, 1.807) is 13.2 Å². The third kappa shape index (κ3) is 3.63. The molecule has 1 rings (SSSR count). The highest BCUT2D eigenvalue weighted by molar-refractivity contribution is 5.46. The summed E-state index contributed by atoms with van der Waals surface area (Å²) in [4.78, 5) is 0. The minimum Gasteiger partial charge on any atom is -0.504 e. The number of hydrogen-bond acceptors (Lipinski definition) is 3. The van der Waals surface area contributed by atoms with E-state index in [9.17, 15) is 5.11 Å². The SMILES string of the molecule is CCC(N)CCC(C)c1cccc(OC)c1O. The summed E-state index contributed by atoms with van der Waals surface area (Å²) in [5, 5.41) is 10.0. The molecule has 1 aromatic rings. The predicted octanol–water partition coefficient (Wildman–Crippen LogP) is 3.02. The van der Waals surface area contributed by atoms with E-state index in [-0.39, 0.29) is 11.8 Å². The van der Waals surface area contributed by atoms with E-state index < -0.39 is 0 Å². The Kier molecular flexibility index (Phi) is 5.29. The Bertz CT molecular complexity index is 352. The first-order valence-electron chi connectivity index (χ1n) is 6.21. The number of methoxy groups -OCH3 is 1. The molecule has 0 saturated heterocycles. The van der Waals surface area contributed by atoms with Crippen molar-refractivity contribution in [1.82, 2.24) is 0 Å². The van der Waals surface area contributed by atoms with E-state index in [1.807, 2.05) is 12.1 Å². The highest BCUT2D eigenvalue weighted by Crippen LogP contribution is 2.36. The van der Waals surface area contributed by atoms with Crippen LogP contribution in [0.3, 0.4) is 0 Å². The minimum absolute atomic E-state index is 0.255. The van der Waals surface area contributed by atoms with Gasteiger partial charge in [0.05, 0.1) is 7.11 Å². The quantitative estimate of drug-likeness (QED) is 0.799. The van der Waals surface area contributed by atoms with E-state index in [4.69, 9.17) is 10.5 Å². The fraction of sp³-hybridized carbons (Fsp3) is 0.571. The average Bonchev–Trinajstić information content (AvgIpc) is 2.35. The molecule has 0 spiro atoms. The van der Waals surface area contributed by atoms with Gasteiger partial charge in [0.25, 0.3) is 0 Å². The summed E-state index contributed by atoms with van der Waals surface area (Å²) >= 11 is 0. The first-order chi connectivity index (χ1) is 8.10. The number of rotatable bonds is 6. The Morgan fingerprint density at radius 2 is 2.06 bits per heavy atom. The lowest BCUT2D eigenvalue weighted by Gasteiger charge is -2.17. The molecule has 1 aromatic carbocycles. The van der Waals surface area contributed by atoms with Gasteiger partial charge >= 0.3 is 0 Å². The molecule has 0 aliphatic rings. The summed E-state index contributed by atoms with van der Waals surface area (Å²) in [6.07, 6.45) is 2.96. The zero-order chi connectivity index (χ0) is 12.8. The van der Waals surface area contributed by atoms with Crippen molar-refractivity contribution in [2.45, 2.75) is 45.1 Å². The number of para-hydroxylation sites is 1. The van der Waals surface area contributed by atoms with Crippen LogP contribution in [-0.2, 0) is 0 Å². The third-order valence-electron chi connectivity index (χ3n) is 3.28. The fourth-order valence-electron chi connectivity index (χ4n) is 1.93. The van der Waals surface area contributed by atoms with E-state index >= 15 is 0 Å². The number of aromatic hydroxyl groups is 1. The van der Waals surface area contributed by atoms with Gasteiger partial charge in [-0.25, -0.2) is 0 Å². The van der Waals surface area contributed by atoms with Gasteiger partial charge in [0.15, 0.2) is 11.5 Å². The number of hydrogen-bond donors (Lipinski definition) is 2. The van der Waals surface area contributed by atoms with Gasteiger partial charge in [0.2, 0.25) is 0 Å². The minimum atomic E-state index is 0.255. The molecule has 0 radical (unpaired) electrons. The lowest BCUT2D eigenvalue weighted by Crippen LogP contribution is -2.18. The van der Waals surface area contributed by atoms with E-state index in [1.165, 1.54) is 0 Å². The molecule has 3 nitrogen and oxygen atoms in total. The number of benzene rings is 1. The van der Waals surface area contributed by atoms with Crippen molar-refractivity contribution in [3.63, 3.8) is 0 Å². The molecule has 0 bridgehead atoms. The van der Waals surface area contributed by atoms with Crippen LogP contribution in [0.2, 0.25) is 0 Å². The second-order valence-corrected chi connectivity index (χ2v) is 4.54. The van der Waals surface area contributed by atoms with Crippen molar-refractivity contribution in [3.05, 3.63) is 23.8 Å². The number of ether oxygens (including phenoxy) is 1. The van der Waals surface area contributed by atoms with Crippen LogP contribution in [0.15, 0.2) is 18.2 Å². The molecule has 0 aliphatic heterocycles. The van der Waals surface area contributed by atoms with Crippen LogP contribution in [0.25, 0.3) is 0 Å². The summed E-state index contributed by atoms with van der Waals surface area (Å²) in [6, 6.07) is 5.87. The van der Waals surface area contributed by atoms with Crippen molar-refractivity contribution in [1.29, 1.82) is 0 Å². The second-order valence-electron chi connectivity index (χ2n) is 4.54. The van der Waals surface area contributed by atoms with Gasteiger partial charge in [-0.05, 0) is 31.2 Å². The summed E-state index contributed by atoms with van der Waals surface area (Å²) in [5.74, 6) is 1.09. The van der Waals surface area contributed by atoms with Crippen LogP contribution < -0.4 is 10.5 Å². The highest BCUT2D eigenvalue weighted by atomic mass is 16.5. The van der Waals surface area contributed by atoms with Crippen LogP contribution in [0, 0.1) is 0 Å². The zero-order valence-corrected chi connectivity index (χ0v) is 10.9. The fourth-order valence-corrected chi connectivity index (χ4v) is 1.93. The molecule has 17 heavy (non-hydrogen) atoms. The lowest BCUT2D eigenvalue weighted by molar-refractivity contribution is 0.367. The molecule has 0 fully saturated rings. The monoisotopic (exact) mass is 237 g/mol. The molecule has 0 saturated carbocycles. The Labute approximate surface area is 104 Å². The summed E-state index contributed by atoms with van der Waals surface area (Å²) in [6.45, 7) is 4.20. The molecule has 2 unspecified atom stereocenters. The first-order valence-corrected chi connectivity index (χ1v) is 6.21. The van der Waals surface area contributed by atoms with Crippen molar-refractivity contribution >= 4 is 0 Å². The Balaban J connectivity index is 2.71. The van der Waals surface area contributed by atoms with Gasteiger partial charge in [0, 0.05) is 11.6 Å². The maximum atomic E-state index is 10.0. The number of phenols is 1. The van der Waals surface area contributed by atoms with Gasteiger partial charge in [-0.1, -0.05) is 26.0 Å². The largest absolute Gasteiger partial charge is 0.504 e. The van der Waals surface area contributed by atoms with Gasteiger partial charge < -0.3 is 15.6 Å². The van der Waals surface area contributed by atoms with Gasteiger partial charge in [-0.2, -0.15) is 0 Å². The van der Waals surface area contributed by atoms with Crippen molar-refractivity contribution in [2.75, 3.05) is 7.11 Å². The summed E-state index contributed by atoms with van der Waals surface area (Å²) < 4.78 is 5.11. The van der Waals surface area contributed by atoms with E-state index in [0.717, 1.165) is 24.8 Å². The van der Waals surface area contributed by atoms with Gasteiger partial charge in [0.1, 0.15) is 0 Å². The van der Waals surface area contributed by atoms with Crippen molar-refractivity contribution in [2.24, 2.45) is 5.73 Å². The third-order valence-corrected chi connectivity index (χ3v) is 3.28. The summed E-state index contributed by atoms with van der Waals surface area (Å²) in [7, 11) is 1.57. The first kappa shape index (κ1) is 13.8. The topological polar surface area (TPSA) is 55.5 Å². The molecule has 3 N–H and O–H groups in total. The second kappa shape index (κ2) is 6.50. The van der Waals surface area contributed by atoms with Crippen LogP contribution >= 0.6 is 0 Å². The predicted molar refractivity (Wildman–Crippen MR) is 70.6 cm³/mol. The molecule has 0 heterocycles. The molecular formula is C14H23NO2. The van der Waals surface area contributed by atoms with E-state index in [0.29, 0.717) is 11.7 Å². The number of phenolic OH excluding ortho intramolecular Hbond substituents is 1. The van der Waals surface area contributed by atoms with Crippen LogP contribution in [0.4, 0.5) is 0 Å². The molecular weight excluding hydrogens is 214 g/mol. The standard InChI is InChI=1S/C14H23NO2/c1-4-11(15)9-8-10(2)12-6-5-7-13(17-3)14(12)16/h5-7,10-11,16H,4,8-9,15H2,1-3H3. The molecule has 96 valence electrons. The molecule has 0 aliphatic carbocycles. The van der Waals surface area contributed by atoms with Crippen LogP contribution in [0.1, 0.15) is 44.6 Å². The molecule has 2 atom stereocenters. The Hall–Kier alpha value is -1.22. The van der Waals surface area contributed by atoms with Crippen molar-refractivity contribution in [3.8, 4) is 11.5 Å². The highest BCUT2D eigenvalue weighted by Gasteiger charge is 2.14. The Morgan fingerprint density at radius 1 is 1.35 bits per heavy atom. The maximum Gasteiger partial charge on any atom is 0.161 e. The normalized spacial score (nSPS) is 14.4. The maximum absolute atomic E-state index is 10.0. The molecule has 0 aromatic heterocycles. The van der Waals surface area contributed by atoms with Crippen LogP contribution in [-0.4, -0.2) is 18.3 Å². The Morgan fingerprint density at radius 3 is 2.65 bits per heavy atom. The van der Waals surface area contributed by atoms with Crippen LogP contribution in [0.5, 0.6) is 11.5 Å². The number of nitrogens with two attached hydrogens (primary N) is 1. The van der Waals surface area contributed by atoms with Crippen molar-refractivity contribution < 1.29 is 9.84 Å². The van der Waals surface area contributed by atoms with Gasteiger partial charge in [-0.3, -0.25) is 0 Å². The van der Waals surface area contributed by atoms with E-state index in [2.05, 4.69) is 13.8 Å². The average molecular weight is 237 g/mol. The lowest BCUT2D eigenvalue weighted by atomic mass is 9.93. The molecule has 3 heteroatoms. The smallest absolute Gasteiger partial charge is 0.161 e. The van der Waals surface area contributed by atoms with Gasteiger partial charge in [-0.15, -0.1) is 0 Å². The summed E-state index contributed by atoms with van der Waals surface area (Å²) in [5.41, 5.74) is 6.84. The zero-order valence-electron chi connectivity index (χ0n) is 10.9. The molecule has 0 amide bonds.